The van der Waals surface area contributed by atoms with Crippen LogP contribution in [0.3, 0.4) is 0 Å². The van der Waals surface area contributed by atoms with E-state index in [2.05, 4.69) is 5.32 Å². The molecule has 0 unspecified atom stereocenters. The molecule has 3 rings (SSSR count). The fraction of sp³-hybridized carbons (Fsp3) is 0.565. The topological polar surface area (TPSA) is 81.2 Å². The van der Waals surface area contributed by atoms with Crippen LogP contribution in [-0.2, 0) is 22.6 Å². The van der Waals surface area contributed by atoms with Gasteiger partial charge in [0.2, 0.25) is 5.91 Å². The predicted octanol–water partition coefficient (Wildman–Crippen LogP) is 0.923. The smallest absolute Gasteiger partial charge is 0.287 e. The molecule has 2 aromatic heterocycles. The minimum Gasteiger partial charge on any atom is -0.454 e. The predicted molar refractivity (Wildman–Crippen MR) is 117 cm³/mol. The zero-order valence-electron chi connectivity index (χ0n) is 18.7. The van der Waals surface area contributed by atoms with Crippen molar-refractivity contribution < 1.29 is 23.6 Å². The van der Waals surface area contributed by atoms with Crippen LogP contribution in [0.4, 0.5) is 0 Å². The second kappa shape index (κ2) is 11.7. The lowest BCUT2D eigenvalue weighted by Gasteiger charge is -2.22. The second-order valence-corrected chi connectivity index (χ2v) is 8.10. The first kappa shape index (κ1) is 23.1. The third kappa shape index (κ3) is 6.70. The normalized spacial score (nSPS) is 14.1. The van der Waals surface area contributed by atoms with Crippen molar-refractivity contribution in [2.24, 2.45) is 0 Å². The molecule has 3 heterocycles. The van der Waals surface area contributed by atoms with Gasteiger partial charge in [0.15, 0.2) is 5.76 Å². The molecule has 0 aromatic carbocycles. The first-order chi connectivity index (χ1) is 15.1. The molecule has 0 aliphatic carbocycles. The minimum atomic E-state index is -0.170. The zero-order valence-corrected chi connectivity index (χ0v) is 18.7. The second-order valence-electron chi connectivity index (χ2n) is 8.10. The summed E-state index contributed by atoms with van der Waals surface area (Å²) in [7, 11) is 1.53. The van der Waals surface area contributed by atoms with Gasteiger partial charge in [-0.3, -0.25) is 9.59 Å². The molecule has 170 valence electrons. The lowest BCUT2D eigenvalue weighted by molar-refractivity contribution is -0.886. The summed E-state index contributed by atoms with van der Waals surface area (Å²) >= 11 is 0. The number of ether oxygens (including phenoxy) is 1. The maximum atomic E-state index is 12.4. The van der Waals surface area contributed by atoms with Crippen LogP contribution in [0.5, 0.6) is 0 Å². The van der Waals surface area contributed by atoms with Crippen LogP contribution in [0.2, 0.25) is 0 Å². The van der Waals surface area contributed by atoms with Crippen LogP contribution in [0, 0.1) is 0 Å². The van der Waals surface area contributed by atoms with Crippen LogP contribution in [-0.4, -0.2) is 67.7 Å². The standard InChI is InChI=1S/C23H34N4O4/c1-3-11-27(22(28)18-30-2)16-19-7-6-14-26(19)17-20-8-9-21(31-20)23(29)24-10-15-25-12-4-5-13-25/h6-9,14H,3-5,10-13,15-18H2,1-2H3,(H,24,29)/p+1. The van der Waals surface area contributed by atoms with Crippen LogP contribution < -0.4 is 10.2 Å². The average molecular weight is 432 g/mol. The number of carbonyl (C=O) groups is 2. The Kier molecular flexibility index (Phi) is 8.73. The highest BCUT2D eigenvalue weighted by molar-refractivity contribution is 5.91. The molecule has 1 aliphatic rings. The van der Waals surface area contributed by atoms with Crippen LogP contribution >= 0.6 is 0 Å². The molecule has 8 nitrogen and oxygen atoms in total. The van der Waals surface area contributed by atoms with Crippen molar-refractivity contribution in [2.75, 3.05) is 46.4 Å². The molecule has 0 atom stereocenters. The highest BCUT2D eigenvalue weighted by Crippen LogP contribution is 2.14. The monoisotopic (exact) mass is 431 g/mol. The van der Waals surface area contributed by atoms with E-state index in [4.69, 9.17) is 9.15 Å². The number of amides is 2. The summed E-state index contributed by atoms with van der Waals surface area (Å²) < 4.78 is 12.8. The third-order valence-corrected chi connectivity index (χ3v) is 5.68. The van der Waals surface area contributed by atoms with Gasteiger partial charge in [-0.25, -0.2) is 0 Å². The fourth-order valence-electron chi connectivity index (χ4n) is 4.04. The zero-order chi connectivity index (χ0) is 22.1. The minimum absolute atomic E-state index is 0.0233. The van der Waals surface area contributed by atoms with E-state index in [1.807, 2.05) is 35.9 Å². The summed E-state index contributed by atoms with van der Waals surface area (Å²) in [5, 5.41) is 2.96. The van der Waals surface area contributed by atoms with Crippen molar-refractivity contribution in [3.8, 4) is 0 Å². The number of likely N-dealkylation sites (tertiary alicyclic amines) is 1. The fourth-order valence-corrected chi connectivity index (χ4v) is 4.04. The van der Waals surface area contributed by atoms with E-state index in [0.29, 0.717) is 37.7 Å². The molecule has 1 saturated heterocycles. The summed E-state index contributed by atoms with van der Waals surface area (Å²) in [5.41, 5.74) is 1.01. The van der Waals surface area contributed by atoms with Crippen molar-refractivity contribution in [1.82, 2.24) is 14.8 Å². The highest BCUT2D eigenvalue weighted by atomic mass is 16.5. The molecule has 31 heavy (non-hydrogen) atoms. The summed E-state index contributed by atoms with van der Waals surface area (Å²) in [5.74, 6) is 0.850. The van der Waals surface area contributed by atoms with Gasteiger partial charge < -0.3 is 28.8 Å². The molecule has 0 radical (unpaired) electrons. The van der Waals surface area contributed by atoms with E-state index in [1.54, 1.807) is 15.9 Å². The Hall–Kier alpha value is -2.58. The van der Waals surface area contributed by atoms with Gasteiger partial charge in [-0.05, 0) is 30.7 Å². The SMILES string of the molecule is CCCN(Cc1cccn1Cc1ccc(C(=O)NCC[NH+]2CCCC2)o1)C(=O)COC. The van der Waals surface area contributed by atoms with E-state index in [1.165, 1.54) is 33.0 Å². The number of furan rings is 1. The summed E-state index contributed by atoms with van der Waals surface area (Å²) in [6.45, 7) is 7.85. The first-order valence-electron chi connectivity index (χ1n) is 11.2. The summed E-state index contributed by atoms with van der Waals surface area (Å²) in [6, 6.07) is 7.52. The maximum absolute atomic E-state index is 12.4. The maximum Gasteiger partial charge on any atom is 0.287 e. The van der Waals surface area contributed by atoms with Gasteiger partial charge >= 0.3 is 0 Å². The average Bonchev–Trinajstić information content (AvgIpc) is 3.51. The van der Waals surface area contributed by atoms with Crippen LogP contribution in [0.1, 0.15) is 48.2 Å². The number of nitrogens with one attached hydrogen (secondary N) is 2. The molecular weight excluding hydrogens is 396 g/mol. The van der Waals surface area contributed by atoms with E-state index >= 15 is 0 Å². The molecule has 0 spiro atoms. The van der Waals surface area contributed by atoms with E-state index in [9.17, 15) is 9.59 Å². The molecule has 2 amide bonds. The Morgan fingerprint density at radius 3 is 2.81 bits per heavy atom. The number of nitrogens with zero attached hydrogens (tertiary/aromatic N) is 2. The molecule has 2 aromatic rings. The number of carbonyl (C=O) groups excluding carboxylic acids is 2. The number of methoxy groups -OCH3 is 1. The third-order valence-electron chi connectivity index (χ3n) is 5.68. The highest BCUT2D eigenvalue weighted by Gasteiger charge is 2.18. The lowest BCUT2D eigenvalue weighted by atomic mass is 10.3. The lowest BCUT2D eigenvalue weighted by Crippen LogP contribution is -3.10. The van der Waals surface area contributed by atoms with E-state index in [0.717, 1.165) is 18.7 Å². The van der Waals surface area contributed by atoms with Crippen molar-refractivity contribution in [3.05, 3.63) is 47.7 Å². The molecule has 2 N–H and O–H groups in total. The molecule has 1 fully saturated rings. The Morgan fingerprint density at radius 2 is 2.06 bits per heavy atom. The number of aromatic nitrogens is 1. The van der Waals surface area contributed by atoms with E-state index in [-0.39, 0.29) is 18.4 Å². The number of hydrogen-bond donors (Lipinski definition) is 2. The Labute approximate surface area is 184 Å². The van der Waals surface area contributed by atoms with Gasteiger partial charge in [-0.1, -0.05) is 6.92 Å². The molecule has 0 bridgehead atoms. The molecule has 8 heteroatoms. The Bertz CT molecular complexity index is 838. The quantitative estimate of drug-likeness (QED) is 0.524. The molecular formula is C23H35N4O4+. The number of quaternary nitrogens is 1. The van der Waals surface area contributed by atoms with Crippen molar-refractivity contribution >= 4 is 11.8 Å². The van der Waals surface area contributed by atoms with Gasteiger partial charge in [-0.15, -0.1) is 0 Å². The first-order valence-corrected chi connectivity index (χ1v) is 11.2. The largest absolute Gasteiger partial charge is 0.454 e. The summed E-state index contributed by atoms with van der Waals surface area (Å²) in [6.07, 6.45) is 5.40. The molecule has 0 saturated carbocycles. The van der Waals surface area contributed by atoms with E-state index < -0.39 is 0 Å². The Balaban J connectivity index is 1.55. The summed E-state index contributed by atoms with van der Waals surface area (Å²) in [4.78, 5) is 28.0. The van der Waals surface area contributed by atoms with Crippen molar-refractivity contribution in [1.29, 1.82) is 0 Å². The van der Waals surface area contributed by atoms with Crippen molar-refractivity contribution in [2.45, 2.75) is 39.3 Å². The molecule has 1 aliphatic heterocycles. The number of hydrogen-bond acceptors (Lipinski definition) is 4. The van der Waals surface area contributed by atoms with Gasteiger partial charge in [0.05, 0.1) is 39.3 Å². The van der Waals surface area contributed by atoms with Gasteiger partial charge in [0.25, 0.3) is 5.91 Å². The van der Waals surface area contributed by atoms with Crippen LogP contribution in [0.15, 0.2) is 34.9 Å². The Morgan fingerprint density at radius 1 is 1.26 bits per heavy atom. The van der Waals surface area contributed by atoms with Gasteiger partial charge in [0, 0.05) is 38.4 Å². The number of rotatable bonds is 12. The van der Waals surface area contributed by atoms with Crippen molar-refractivity contribution in [3.63, 3.8) is 0 Å². The van der Waals surface area contributed by atoms with Crippen LogP contribution in [0.25, 0.3) is 0 Å². The van der Waals surface area contributed by atoms with Gasteiger partial charge in [0.1, 0.15) is 12.4 Å². The van der Waals surface area contributed by atoms with Gasteiger partial charge in [-0.2, -0.15) is 0 Å².